The maximum Gasteiger partial charge on any atom is 0.203 e. The van der Waals surface area contributed by atoms with Crippen molar-refractivity contribution in [2.24, 2.45) is 0 Å². The van der Waals surface area contributed by atoms with E-state index in [2.05, 4.69) is 59.8 Å². The molecule has 1 spiro atoms. The van der Waals surface area contributed by atoms with Gasteiger partial charge in [-0.2, -0.15) is 0 Å². The Hall–Kier alpha value is -0.970. The summed E-state index contributed by atoms with van der Waals surface area (Å²) in [6.07, 6.45) is 4.85. The summed E-state index contributed by atoms with van der Waals surface area (Å²) in [5, 5.41) is 0. The van der Waals surface area contributed by atoms with Crippen LogP contribution in [0.4, 0.5) is 0 Å². The minimum Gasteiger partial charge on any atom is -0.343 e. The van der Waals surface area contributed by atoms with Gasteiger partial charge in [0.05, 0.1) is 33.8 Å². The second-order valence-corrected chi connectivity index (χ2v) is 10.1. The van der Waals surface area contributed by atoms with Gasteiger partial charge in [-0.05, 0) is 47.3 Å². The third-order valence-corrected chi connectivity index (χ3v) is 7.35. The van der Waals surface area contributed by atoms with E-state index in [9.17, 15) is 4.21 Å². The highest BCUT2D eigenvalue weighted by Crippen LogP contribution is 2.43. The van der Waals surface area contributed by atoms with Crippen LogP contribution >= 0.6 is 0 Å². The van der Waals surface area contributed by atoms with Crippen molar-refractivity contribution in [3.05, 3.63) is 39.8 Å². The molecule has 1 fully saturated rings. The number of benzene rings is 1. The van der Waals surface area contributed by atoms with Crippen molar-refractivity contribution in [2.75, 3.05) is 13.2 Å². The van der Waals surface area contributed by atoms with Crippen LogP contribution in [0, 0.1) is 0 Å². The summed E-state index contributed by atoms with van der Waals surface area (Å²) in [6.45, 7) is 14.4. The highest BCUT2D eigenvalue weighted by molar-refractivity contribution is 7.89. The fraction of sp³-hybridized carbons (Fsp3) is 0.652. The molecule has 2 aliphatic rings. The minimum absolute atomic E-state index is 0.311. The molecule has 0 bridgehead atoms. The van der Waals surface area contributed by atoms with Crippen LogP contribution in [0.15, 0.2) is 28.0 Å². The number of rotatable bonds is 5. The van der Waals surface area contributed by atoms with Crippen molar-refractivity contribution in [2.45, 2.75) is 89.2 Å². The van der Waals surface area contributed by atoms with Gasteiger partial charge >= 0.3 is 0 Å². The summed E-state index contributed by atoms with van der Waals surface area (Å²) in [4.78, 5) is 1.81. The minimum atomic E-state index is -1.27. The molecule has 0 amide bonds. The van der Waals surface area contributed by atoms with E-state index in [4.69, 9.17) is 9.47 Å². The number of ether oxygens (including phenoxy) is 2. The van der Waals surface area contributed by atoms with Crippen LogP contribution in [0.3, 0.4) is 0 Å². The number of hydrogen-bond donors (Lipinski definition) is 0. The highest BCUT2D eigenvalue weighted by Gasteiger charge is 2.45. The van der Waals surface area contributed by atoms with E-state index in [-0.39, 0.29) is 0 Å². The first-order chi connectivity index (χ1) is 12.8. The zero-order valence-electron chi connectivity index (χ0n) is 17.6. The van der Waals surface area contributed by atoms with E-state index in [1.807, 2.05) is 0 Å². The van der Waals surface area contributed by atoms with Gasteiger partial charge in [-0.15, -0.1) is 0 Å². The second kappa shape index (κ2) is 8.18. The zero-order chi connectivity index (χ0) is 19.8. The SMILES string of the molecule is CC(C)c1cc(C(C)C)c([S@](=O)C2=CCCCC23OCCO3)c(C(C)C)c1. The van der Waals surface area contributed by atoms with Crippen LogP contribution in [0.25, 0.3) is 0 Å². The van der Waals surface area contributed by atoms with Crippen LogP contribution in [-0.2, 0) is 20.3 Å². The Kier molecular flexibility index (Phi) is 6.29. The second-order valence-electron chi connectivity index (χ2n) is 8.67. The van der Waals surface area contributed by atoms with E-state index in [0.717, 1.165) is 29.1 Å². The van der Waals surface area contributed by atoms with Crippen molar-refractivity contribution in [3.8, 4) is 0 Å². The average Bonchev–Trinajstić information content (AvgIpc) is 3.08. The Bertz CT molecular complexity index is 711. The lowest BCUT2D eigenvalue weighted by Crippen LogP contribution is -2.37. The Labute approximate surface area is 167 Å². The summed E-state index contributed by atoms with van der Waals surface area (Å²) >= 11 is 0. The van der Waals surface area contributed by atoms with Crippen LogP contribution in [0.5, 0.6) is 0 Å². The third kappa shape index (κ3) is 3.94. The molecule has 1 atom stereocenters. The molecule has 1 aliphatic heterocycles. The fourth-order valence-electron chi connectivity index (χ4n) is 4.02. The molecule has 150 valence electrons. The molecule has 4 heteroatoms. The first-order valence-corrected chi connectivity index (χ1v) is 11.5. The molecule has 1 aromatic rings. The average molecular weight is 391 g/mol. The molecule has 3 nitrogen and oxygen atoms in total. The van der Waals surface area contributed by atoms with Gasteiger partial charge in [0.2, 0.25) is 5.79 Å². The Morgan fingerprint density at radius 3 is 1.96 bits per heavy atom. The van der Waals surface area contributed by atoms with Crippen LogP contribution in [-0.4, -0.2) is 23.2 Å². The summed E-state index contributed by atoms with van der Waals surface area (Å²) in [5.74, 6) is 0.295. The molecule has 1 aliphatic carbocycles. The molecule has 1 aromatic carbocycles. The third-order valence-electron chi connectivity index (χ3n) is 5.63. The van der Waals surface area contributed by atoms with Crippen molar-refractivity contribution < 1.29 is 13.7 Å². The molecule has 0 aromatic heterocycles. The maximum atomic E-state index is 14.0. The maximum absolute atomic E-state index is 14.0. The largest absolute Gasteiger partial charge is 0.343 e. The Balaban J connectivity index is 2.17. The zero-order valence-corrected chi connectivity index (χ0v) is 18.4. The lowest BCUT2D eigenvalue weighted by molar-refractivity contribution is -0.128. The summed E-state index contributed by atoms with van der Waals surface area (Å²) < 4.78 is 26.0. The topological polar surface area (TPSA) is 35.5 Å². The molecular formula is C23H34O3S. The Morgan fingerprint density at radius 2 is 1.48 bits per heavy atom. The smallest absolute Gasteiger partial charge is 0.203 e. The van der Waals surface area contributed by atoms with Crippen LogP contribution in [0.1, 0.15) is 95.2 Å². The van der Waals surface area contributed by atoms with E-state index < -0.39 is 16.6 Å². The van der Waals surface area contributed by atoms with E-state index >= 15 is 0 Å². The van der Waals surface area contributed by atoms with Gasteiger partial charge in [-0.25, -0.2) is 4.21 Å². The first-order valence-electron chi connectivity index (χ1n) is 10.3. The van der Waals surface area contributed by atoms with Gasteiger partial charge in [-0.1, -0.05) is 59.8 Å². The van der Waals surface area contributed by atoms with E-state index in [1.165, 1.54) is 16.7 Å². The van der Waals surface area contributed by atoms with Crippen molar-refractivity contribution in [1.82, 2.24) is 0 Å². The predicted octanol–water partition coefficient (Wildman–Crippen LogP) is 5.98. The quantitative estimate of drug-likeness (QED) is 0.621. The summed E-state index contributed by atoms with van der Waals surface area (Å²) in [5.41, 5.74) is 3.72. The summed E-state index contributed by atoms with van der Waals surface area (Å²) in [7, 11) is -1.27. The molecule has 1 heterocycles. The fourth-order valence-corrected chi connectivity index (χ4v) is 6.03. The predicted molar refractivity (Wildman–Crippen MR) is 112 cm³/mol. The van der Waals surface area contributed by atoms with Gasteiger partial charge < -0.3 is 9.47 Å². The van der Waals surface area contributed by atoms with E-state index in [0.29, 0.717) is 31.0 Å². The lowest BCUT2D eigenvalue weighted by Gasteiger charge is -2.33. The van der Waals surface area contributed by atoms with Gasteiger partial charge in [0, 0.05) is 6.42 Å². The molecule has 0 N–H and O–H groups in total. The molecule has 0 radical (unpaired) electrons. The van der Waals surface area contributed by atoms with E-state index in [1.54, 1.807) is 0 Å². The molecule has 3 rings (SSSR count). The van der Waals surface area contributed by atoms with Gasteiger partial charge in [0.15, 0.2) is 0 Å². The molecule has 1 saturated heterocycles. The monoisotopic (exact) mass is 390 g/mol. The highest BCUT2D eigenvalue weighted by atomic mass is 32.2. The Morgan fingerprint density at radius 1 is 0.926 bits per heavy atom. The van der Waals surface area contributed by atoms with Crippen LogP contribution < -0.4 is 0 Å². The normalized spacial score (nSPS) is 20.7. The molecule has 0 saturated carbocycles. The van der Waals surface area contributed by atoms with Gasteiger partial charge in [0.25, 0.3) is 0 Å². The molecular weight excluding hydrogens is 356 g/mol. The molecule has 0 unspecified atom stereocenters. The lowest BCUT2D eigenvalue weighted by atomic mass is 9.89. The van der Waals surface area contributed by atoms with Gasteiger partial charge in [-0.3, -0.25) is 0 Å². The van der Waals surface area contributed by atoms with Gasteiger partial charge in [0.1, 0.15) is 0 Å². The standard InChI is InChI=1S/C23H34O3S/c1-15(2)18-13-19(16(3)4)22(20(14-18)17(5)6)27(24)21-9-7-8-10-23(21)25-11-12-26-23/h9,13-17H,7-8,10-12H2,1-6H3/t27-/m1/s1. The molecule has 27 heavy (non-hydrogen) atoms. The van der Waals surface area contributed by atoms with Crippen molar-refractivity contribution >= 4 is 10.8 Å². The van der Waals surface area contributed by atoms with Crippen LogP contribution in [0.2, 0.25) is 0 Å². The number of hydrogen-bond acceptors (Lipinski definition) is 3. The van der Waals surface area contributed by atoms with Crippen molar-refractivity contribution in [1.29, 1.82) is 0 Å². The van der Waals surface area contributed by atoms with Crippen molar-refractivity contribution in [3.63, 3.8) is 0 Å². The first kappa shape index (κ1) is 20.8. The number of allylic oxidation sites excluding steroid dienone is 1. The summed E-state index contributed by atoms with van der Waals surface area (Å²) in [6, 6.07) is 4.53.